The predicted octanol–water partition coefficient (Wildman–Crippen LogP) is 3.61. The van der Waals surface area contributed by atoms with Crippen molar-refractivity contribution in [3.8, 4) is 0 Å². The van der Waals surface area contributed by atoms with Crippen LogP contribution in [0.3, 0.4) is 0 Å². The van der Waals surface area contributed by atoms with E-state index < -0.39 is 17.7 Å². The lowest BCUT2D eigenvalue weighted by molar-refractivity contribution is -0.134. The molecule has 1 aromatic heterocycles. The number of carbonyl (C=O) groups is 2. The van der Waals surface area contributed by atoms with Gasteiger partial charge >= 0.3 is 12.1 Å². The van der Waals surface area contributed by atoms with Crippen LogP contribution in [0.15, 0.2) is 36.5 Å². The first-order valence-corrected chi connectivity index (χ1v) is 6.91. The molecule has 2 rings (SSSR count). The number of esters is 1. The molecule has 0 spiro atoms. The van der Waals surface area contributed by atoms with E-state index in [0.717, 1.165) is 16.5 Å². The first-order chi connectivity index (χ1) is 10.3. The van der Waals surface area contributed by atoms with Crippen LogP contribution in [0.1, 0.15) is 26.3 Å². The largest absolute Gasteiger partial charge is 0.466 e. The smallest absolute Gasteiger partial charge is 0.419 e. The number of methoxy groups -OCH3 is 1. The summed E-state index contributed by atoms with van der Waals surface area (Å²) in [7, 11) is 1.32. The van der Waals surface area contributed by atoms with Crippen molar-refractivity contribution in [3.05, 3.63) is 42.1 Å². The lowest BCUT2D eigenvalue weighted by Crippen LogP contribution is -2.26. The van der Waals surface area contributed by atoms with Crippen molar-refractivity contribution in [2.45, 2.75) is 26.4 Å². The van der Waals surface area contributed by atoms with E-state index in [-0.39, 0.29) is 0 Å². The van der Waals surface area contributed by atoms with E-state index in [9.17, 15) is 9.59 Å². The van der Waals surface area contributed by atoms with Crippen molar-refractivity contribution in [3.63, 3.8) is 0 Å². The summed E-state index contributed by atoms with van der Waals surface area (Å²) >= 11 is 0. The third-order valence-electron chi connectivity index (χ3n) is 2.93. The fourth-order valence-corrected chi connectivity index (χ4v) is 2.03. The molecule has 0 atom stereocenters. The molecule has 0 aliphatic carbocycles. The van der Waals surface area contributed by atoms with Crippen LogP contribution in [0.2, 0.25) is 0 Å². The van der Waals surface area contributed by atoms with Gasteiger partial charge in [0.15, 0.2) is 0 Å². The van der Waals surface area contributed by atoms with Gasteiger partial charge in [0.25, 0.3) is 0 Å². The molecule has 0 radical (unpaired) electrons. The molecule has 2 aromatic rings. The highest BCUT2D eigenvalue weighted by Gasteiger charge is 2.20. The maximum absolute atomic E-state index is 12.3. The zero-order valence-electron chi connectivity index (χ0n) is 13.1. The zero-order chi connectivity index (χ0) is 16.3. The number of benzene rings is 1. The van der Waals surface area contributed by atoms with Gasteiger partial charge in [0.05, 0.1) is 12.6 Å². The van der Waals surface area contributed by atoms with Crippen LogP contribution >= 0.6 is 0 Å². The molecule has 0 saturated heterocycles. The lowest BCUT2D eigenvalue weighted by atomic mass is 10.1. The normalized spacial score (nSPS) is 11.8. The summed E-state index contributed by atoms with van der Waals surface area (Å²) in [6.45, 7) is 5.44. The van der Waals surface area contributed by atoms with Gasteiger partial charge in [-0.2, -0.15) is 0 Å². The van der Waals surface area contributed by atoms with E-state index in [1.165, 1.54) is 17.8 Å². The quantitative estimate of drug-likeness (QED) is 0.628. The lowest BCUT2D eigenvalue weighted by Gasteiger charge is -2.19. The van der Waals surface area contributed by atoms with E-state index in [2.05, 4.69) is 4.74 Å². The van der Waals surface area contributed by atoms with Crippen LogP contribution in [-0.4, -0.2) is 29.3 Å². The van der Waals surface area contributed by atoms with Gasteiger partial charge in [-0.3, -0.25) is 4.57 Å². The molecule has 0 saturated carbocycles. The molecule has 0 aliphatic rings. The van der Waals surface area contributed by atoms with Crippen LogP contribution in [0, 0.1) is 0 Å². The van der Waals surface area contributed by atoms with Gasteiger partial charge < -0.3 is 9.47 Å². The molecule has 5 nitrogen and oxygen atoms in total. The fourth-order valence-electron chi connectivity index (χ4n) is 2.03. The molecule has 5 heteroatoms. The van der Waals surface area contributed by atoms with Crippen LogP contribution in [0.4, 0.5) is 4.79 Å². The Kier molecular flexibility index (Phi) is 4.35. The van der Waals surface area contributed by atoms with Crippen LogP contribution < -0.4 is 0 Å². The van der Waals surface area contributed by atoms with Gasteiger partial charge in [-0.15, -0.1) is 0 Å². The van der Waals surface area contributed by atoms with E-state index >= 15 is 0 Å². The molecule has 0 aliphatic heterocycles. The average molecular weight is 301 g/mol. The number of nitrogens with zero attached hydrogens (tertiary/aromatic N) is 1. The Hall–Kier alpha value is -2.56. The van der Waals surface area contributed by atoms with Gasteiger partial charge in [-0.25, -0.2) is 9.59 Å². The van der Waals surface area contributed by atoms with Crippen LogP contribution in [-0.2, 0) is 14.3 Å². The van der Waals surface area contributed by atoms with Gasteiger partial charge in [-0.05, 0) is 32.9 Å². The Bertz CT molecular complexity index is 735. The average Bonchev–Trinajstić information content (AvgIpc) is 2.82. The van der Waals surface area contributed by atoms with Crippen molar-refractivity contribution in [2.75, 3.05) is 7.11 Å². The molecule has 22 heavy (non-hydrogen) atoms. The van der Waals surface area contributed by atoms with Gasteiger partial charge in [0.2, 0.25) is 0 Å². The highest BCUT2D eigenvalue weighted by atomic mass is 16.6. The van der Waals surface area contributed by atoms with Crippen LogP contribution in [0.5, 0.6) is 0 Å². The minimum absolute atomic E-state index is 0.450. The highest BCUT2D eigenvalue weighted by Crippen LogP contribution is 2.23. The second kappa shape index (κ2) is 6.05. The molecule has 0 amide bonds. The Labute approximate surface area is 129 Å². The maximum atomic E-state index is 12.3. The maximum Gasteiger partial charge on any atom is 0.419 e. The summed E-state index contributed by atoms with van der Waals surface area (Å²) in [4.78, 5) is 23.5. The van der Waals surface area contributed by atoms with Crippen molar-refractivity contribution < 1.29 is 19.1 Å². The molecule has 0 fully saturated rings. The molecular weight excluding hydrogens is 282 g/mol. The first-order valence-electron chi connectivity index (χ1n) is 6.91. The molecule has 0 bridgehead atoms. The number of para-hydroxylation sites is 1. The minimum atomic E-state index is -0.579. The predicted molar refractivity (Wildman–Crippen MR) is 84.6 cm³/mol. The number of rotatable bonds is 2. The van der Waals surface area contributed by atoms with Crippen molar-refractivity contribution >= 4 is 29.0 Å². The topological polar surface area (TPSA) is 57.5 Å². The fraction of sp³-hybridized carbons (Fsp3) is 0.294. The van der Waals surface area contributed by atoms with Crippen molar-refractivity contribution in [1.82, 2.24) is 4.57 Å². The zero-order valence-corrected chi connectivity index (χ0v) is 13.1. The van der Waals surface area contributed by atoms with Gasteiger partial charge in [-0.1, -0.05) is 18.2 Å². The first kappa shape index (κ1) is 15.8. The summed E-state index contributed by atoms with van der Waals surface area (Å²) in [6.07, 6.45) is 4.13. The molecule has 1 aromatic carbocycles. The Morgan fingerprint density at radius 2 is 1.86 bits per heavy atom. The molecule has 0 N–H and O–H groups in total. The summed E-state index contributed by atoms with van der Waals surface area (Å²) in [6, 6.07) is 7.43. The number of hydrogen-bond donors (Lipinski definition) is 0. The van der Waals surface area contributed by atoms with Gasteiger partial charge in [0, 0.05) is 23.2 Å². The monoisotopic (exact) mass is 301 g/mol. The summed E-state index contributed by atoms with van der Waals surface area (Å²) in [5.74, 6) is -0.450. The van der Waals surface area contributed by atoms with E-state index in [4.69, 9.17) is 4.74 Å². The molecular formula is C17H19NO4. The third kappa shape index (κ3) is 3.55. The summed E-state index contributed by atoms with van der Waals surface area (Å²) < 4.78 is 11.4. The SMILES string of the molecule is COC(=O)C=Cc1cn(C(=O)OC(C)(C)C)c2ccccc12. The second-order valence-corrected chi connectivity index (χ2v) is 5.81. The third-order valence-corrected chi connectivity index (χ3v) is 2.93. The summed E-state index contributed by atoms with van der Waals surface area (Å²) in [5.41, 5.74) is 0.887. The standard InChI is InChI=1S/C17H19NO4/c1-17(2,3)22-16(20)18-11-12(9-10-15(19)21-4)13-7-5-6-8-14(13)18/h5-11H,1-4H3. The number of fused-ring (bicyclic) bond motifs is 1. The molecule has 0 unspecified atom stereocenters. The van der Waals surface area contributed by atoms with E-state index in [0.29, 0.717) is 0 Å². The Balaban J connectivity index is 2.46. The molecule has 1 heterocycles. The Morgan fingerprint density at radius 3 is 2.50 bits per heavy atom. The van der Waals surface area contributed by atoms with E-state index in [1.54, 1.807) is 12.3 Å². The number of aromatic nitrogens is 1. The van der Waals surface area contributed by atoms with Crippen molar-refractivity contribution in [1.29, 1.82) is 0 Å². The van der Waals surface area contributed by atoms with E-state index in [1.807, 2.05) is 45.0 Å². The highest BCUT2D eigenvalue weighted by molar-refractivity contribution is 5.98. The van der Waals surface area contributed by atoms with Crippen LogP contribution in [0.25, 0.3) is 17.0 Å². The second-order valence-electron chi connectivity index (χ2n) is 5.81. The van der Waals surface area contributed by atoms with Gasteiger partial charge in [0.1, 0.15) is 5.60 Å². The summed E-state index contributed by atoms with van der Waals surface area (Å²) in [5, 5.41) is 0.855. The number of hydrogen-bond acceptors (Lipinski definition) is 4. The van der Waals surface area contributed by atoms with Crippen molar-refractivity contribution in [2.24, 2.45) is 0 Å². The Morgan fingerprint density at radius 1 is 1.18 bits per heavy atom. The number of ether oxygens (including phenoxy) is 2. The number of carbonyl (C=O) groups excluding carboxylic acids is 2. The minimum Gasteiger partial charge on any atom is -0.466 e. The molecule has 116 valence electrons.